The Bertz CT molecular complexity index is 1080. The van der Waals surface area contributed by atoms with Crippen molar-refractivity contribution >= 4 is 5.97 Å². The Morgan fingerprint density at radius 2 is 1.91 bits per heavy atom. The van der Waals surface area contributed by atoms with Crippen molar-refractivity contribution in [1.29, 1.82) is 0 Å². The van der Waals surface area contributed by atoms with Crippen molar-refractivity contribution in [3.8, 4) is 22.8 Å². The van der Waals surface area contributed by atoms with Crippen molar-refractivity contribution in [2.45, 2.75) is 52.2 Å². The standard InChI is InChI=1S/C26H33NO6/c1-6-32-26(29)20-13-27-21(15(2)3)9-17-10-25(33-14-16-7-18(8-16)30-4)24(31-5)11-19(17)22(27)12-23(20)28/h10-13,15-16,18,21H,6-9,14H2,1-5H3. The summed E-state index contributed by atoms with van der Waals surface area (Å²) in [5.41, 5.74) is 2.53. The molecule has 1 saturated carbocycles. The lowest BCUT2D eigenvalue weighted by Gasteiger charge is -2.35. The molecule has 1 aliphatic carbocycles. The van der Waals surface area contributed by atoms with Crippen LogP contribution in [0.1, 0.15) is 55.6 Å². The summed E-state index contributed by atoms with van der Waals surface area (Å²) in [6, 6.07) is 5.62. The van der Waals surface area contributed by atoms with E-state index in [9.17, 15) is 9.59 Å². The van der Waals surface area contributed by atoms with Gasteiger partial charge in [0, 0.05) is 31.0 Å². The maximum absolute atomic E-state index is 12.8. The van der Waals surface area contributed by atoms with Crippen LogP contribution in [0.2, 0.25) is 0 Å². The summed E-state index contributed by atoms with van der Waals surface area (Å²) in [5.74, 6) is 1.55. The van der Waals surface area contributed by atoms with E-state index >= 15 is 0 Å². The summed E-state index contributed by atoms with van der Waals surface area (Å²) in [6.07, 6.45) is 4.78. The predicted octanol–water partition coefficient (Wildman–Crippen LogP) is 4.26. The molecule has 0 spiro atoms. The van der Waals surface area contributed by atoms with Crippen molar-refractivity contribution in [3.05, 3.63) is 45.7 Å². The van der Waals surface area contributed by atoms with Crippen LogP contribution in [-0.2, 0) is 15.9 Å². The van der Waals surface area contributed by atoms with Gasteiger partial charge in [-0.05, 0) is 55.7 Å². The molecule has 2 aliphatic rings. The molecule has 2 heterocycles. The number of ether oxygens (including phenoxy) is 4. The van der Waals surface area contributed by atoms with Crippen molar-refractivity contribution in [2.24, 2.45) is 11.8 Å². The molecular formula is C26H33NO6. The van der Waals surface area contributed by atoms with Crippen LogP contribution in [0.3, 0.4) is 0 Å². The van der Waals surface area contributed by atoms with Crippen LogP contribution in [0.5, 0.6) is 11.5 Å². The molecular weight excluding hydrogens is 422 g/mol. The molecule has 7 heteroatoms. The second-order valence-corrected chi connectivity index (χ2v) is 9.25. The quantitative estimate of drug-likeness (QED) is 0.554. The number of carbonyl (C=O) groups is 1. The number of fused-ring (bicyclic) bond motifs is 3. The molecule has 0 radical (unpaired) electrons. The minimum atomic E-state index is -0.584. The van der Waals surface area contributed by atoms with E-state index in [4.69, 9.17) is 18.9 Å². The number of methoxy groups -OCH3 is 2. The van der Waals surface area contributed by atoms with E-state index in [2.05, 4.69) is 13.8 Å². The number of hydrogen-bond acceptors (Lipinski definition) is 6. The van der Waals surface area contributed by atoms with Crippen LogP contribution in [0.25, 0.3) is 11.3 Å². The maximum Gasteiger partial charge on any atom is 0.343 e. The molecule has 2 aromatic rings. The van der Waals surface area contributed by atoms with Gasteiger partial charge in [0.25, 0.3) is 0 Å². The molecule has 0 amide bonds. The van der Waals surface area contributed by atoms with Gasteiger partial charge < -0.3 is 23.5 Å². The van der Waals surface area contributed by atoms with Gasteiger partial charge in [0.05, 0.1) is 32.1 Å². The average molecular weight is 456 g/mol. The van der Waals surface area contributed by atoms with Gasteiger partial charge >= 0.3 is 5.97 Å². The molecule has 0 N–H and O–H groups in total. The van der Waals surface area contributed by atoms with E-state index in [0.717, 1.165) is 41.8 Å². The Morgan fingerprint density at radius 3 is 2.55 bits per heavy atom. The molecule has 1 aromatic heterocycles. The molecule has 0 bridgehead atoms. The molecule has 7 nitrogen and oxygen atoms in total. The zero-order chi connectivity index (χ0) is 23.7. The van der Waals surface area contributed by atoms with Gasteiger partial charge in [-0.3, -0.25) is 4.79 Å². The number of hydrogen-bond donors (Lipinski definition) is 0. The fourth-order valence-corrected chi connectivity index (χ4v) is 4.78. The van der Waals surface area contributed by atoms with Crippen LogP contribution in [0.4, 0.5) is 0 Å². The highest BCUT2D eigenvalue weighted by Crippen LogP contribution is 2.43. The van der Waals surface area contributed by atoms with E-state index < -0.39 is 5.97 Å². The summed E-state index contributed by atoms with van der Waals surface area (Å²) >= 11 is 0. The molecule has 1 fully saturated rings. The van der Waals surface area contributed by atoms with Crippen LogP contribution in [0, 0.1) is 11.8 Å². The monoisotopic (exact) mass is 455 g/mol. The Kier molecular flexibility index (Phi) is 6.79. The molecule has 33 heavy (non-hydrogen) atoms. The van der Waals surface area contributed by atoms with E-state index in [1.54, 1.807) is 33.4 Å². The fourth-order valence-electron chi connectivity index (χ4n) is 4.78. The van der Waals surface area contributed by atoms with E-state index in [0.29, 0.717) is 30.3 Å². The second-order valence-electron chi connectivity index (χ2n) is 9.25. The number of pyridine rings is 1. The van der Waals surface area contributed by atoms with Crippen LogP contribution in [0.15, 0.2) is 29.2 Å². The number of carbonyl (C=O) groups excluding carboxylic acids is 1. The molecule has 0 saturated heterocycles. The van der Waals surface area contributed by atoms with Gasteiger partial charge in [-0.25, -0.2) is 4.79 Å². The Morgan fingerprint density at radius 1 is 1.15 bits per heavy atom. The van der Waals surface area contributed by atoms with Crippen molar-refractivity contribution in [2.75, 3.05) is 27.4 Å². The highest BCUT2D eigenvalue weighted by molar-refractivity contribution is 5.89. The maximum atomic E-state index is 12.8. The minimum Gasteiger partial charge on any atom is -0.493 e. The molecule has 1 atom stereocenters. The summed E-state index contributed by atoms with van der Waals surface area (Å²) in [5, 5.41) is 0. The Balaban J connectivity index is 1.71. The fraction of sp³-hybridized carbons (Fsp3) is 0.538. The van der Waals surface area contributed by atoms with E-state index in [1.165, 1.54) is 0 Å². The summed E-state index contributed by atoms with van der Waals surface area (Å²) in [6.45, 7) is 6.87. The van der Waals surface area contributed by atoms with Gasteiger partial charge in [0.2, 0.25) is 0 Å². The highest BCUT2D eigenvalue weighted by Gasteiger charge is 2.31. The smallest absolute Gasteiger partial charge is 0.343 e. The lowest BCUT2D eigenvalue weighted by molar-refractivity contribution is -0.0144. The van der Waals surface area contributed by atoms with Gasteiger partial charge in [-0.2, -0.15) is 0 Å². The third-order valence-electron chi connectivity index (χ3n) is 6.80. The zero-order valence-electron chi connectivity index (χ0n) is 20.1. The largest absolute Gasteiger partial charge is 0.493 e. The van der Waals surface area contributed by atoms with Crippen molar-refractivity contribution in [1.82, 2.24) is 4.57 Å². The SMILES string of the molecule is CCOC(=O)c1cn2c(cc1=O)-c1cc(OC)c(OCC3CC(OC)C3)cc1CC2C(C)C. The van der Waals surface area contributed by atoms with Crippen molar-refractivity contribution < 1.29 is 23.7 Å². The topological polar surface area (TPSA) is 76.0 Å². The Hall–Kier alpha value is -2.80. The highest BCUT2D eigenvalue weighted by atomic mass is 16.5. The zero-order valence-corrected chi connectivity index (χ0v) is 20.1. The van der Waals surface area contributed by atoms with Gasteiger partial charge in [0.1, 0.15) is 5.56 Å². The Labute approximate surface area is 194 Å². The van der Waals surface area contributed by atoms with E-state index in [-0.39, 0.29) is 23.6 Å². The summed E-state index contributed by atoms with van der Waals surface area (Å²) in [7, 11) is 3.37. The average Bonchev–Trinajstić information content (AvgIpc) is 2.76. The summed E-state index contributed by atoms with van der Waals surface area (Å²) in [4.78, 5) is 25.1. The predicted molar refractivity (Wildman–Crippen MR) is 125 cm³/mol. The van der Waals surface area contributed by atoms with Crippen LogP contribution in [-0.4, -0.2) is 44.1 Å². The number of rotatable bonds is 8. The molecule has 4 rings (SSSR count). The third-order valence-corrected chi connectivity index (χ3v) is 6.80. The van der Waals surface area contributed by atoms with Gasteiger partial charge in [-0.15, -0.1) is 0 Å². The number of nitrogens with zero attached hydrogens (tertiary/aromatic N) is 1. The van der Waals surface area contributed by atoms with Crippen molar-refractivity contribution in [3.63, 3.8) is 0 Å². The first-order valence-corrected chi connectivity index (χ1v) is 11.7. The molecule has 1 unspecified atom stereocenters. The lowest BCUT2D eigenvalue weighted by Crippen LogP contribution is -2.34. The number of benzene rings is 1. The molecule has 1 aromatic carbocycles. The van der Waals surface area contributed by atoms with Gasteiger partial charge in [-0.1, -0.05) is 13.8 Å². The van der Waals surface area contributed by atoms with Crippen LogP contribution < -0.4 is 14.9 Å². The summed E-state index contributed by atoms with van der Waals surface area (Å²) < 4.78 is 24.3. The number of aromatic nitrogens is 1. The first-order chi connectivity index (χ1) is 15.9. The normalized spacial score (nSPS) is 21.1. The van der Waals surface area contributed by atoms with Gasteiger partial charge in [0.15, 0.2) is 16.9 Å². The molecule has 178 valence electrons. The second kappa shape index (κ2) is 9.59. The lowest BCUT2D eigenvalue weighted by atomic mass is 9.83. The first kappa shape index (κ1) is 23.4. The van der Waals surface area contributed by atoms with Crippen LogP contribution >= 0.6 is 0 Å². The third kappa shape index (κ3) is 4.51. The number of esters is 1. The minimum absolute atomic E-state index is 0.0662. The molecule has 1 aliphatic heterocycles. The first-order valence-electron chi connectivity index (χ1n) is 11.7. The van der Waals surface area contributed by atoms with E-state index in [1.807, 2.05) is 16.7 Å².